The van der Waals surface area contributed by atoms with Crippen LogP contribution in [0.2, 0.25) is 0 Å². The van der Waals surface area contributed by atoms with Gasteiger partial charge >= 0.3 is 0 Å². The first-order valence-corrected chi connectivity index (χ1v) is 6.42. The molecule has 2 aliphatic rings. The fourth-order valence-electron chi connectivity index (χ4n) is 2.58. The number of piperidine rings is 2. The van der Waals surface area contributed by atoms with Gasteiger partial charge in [0.1, 0.15) is 0 Å². The molecular weight excluding hydrogens is 204 g/mol. The summed E-state index contributed by atoms with van der Waals surface area (Å²) in [6.45, 7) is 3.59. The second kappa shape index (κ2) is 5.64. The Balaban J connectivity index is 1.74. The molecule has 0 atom stereocenters. The number of amides is 1. The normalized spacial score (nSPS) is 24.7. The summed E-state index contributed by atoms with van der Waals surface area (Å²) >= 11 is 0. The van der Waals surface area contributed by atoms with Gasteiger partial charge in [-0.3, -0.25) is 4.79 Å². The van der Waals surface area contributed by atoms with E-state index in [1.54, 1.807) is 0 Å². The van der Waals surface area contributed by atoms with Gasteiger partial charge in [0.2, 0.25) is 5.91 Å². The molecular formula is C12H22N2O2. The molecule has 0 radical (unpaired) electrons. The van der Waals surface area contributed by atoms with Crippen LogP contribution in [-0.2, 0) is 4.79 Å². The van der Waals surface area contributed by atoms with E-state index in [1.807, 2.05) is 4.90 Å². The first-order valence-electron chi connectivity index (χ1n) is 6.42. The average molecular weight is 226 g/mol. The van der Waals surface area contributed by atoms with E-state index in [0.29, 0.717) is 18.2 Å². The van der Waals surface area contributed by atoms with E-state index in [2.05, 4.69) is 5.32 Å². The molecule has 0 aliphatic carbocycles. The van der Waals surface area contributed by atoms with Crippen molar-refractivity contribution in [1.29, 1.82) is 0 Å². The summed E-state index contributed by atoms with van der Waals surface area (Å²) in [6.07, 6.45) is 4.26. The molecule has 16 heavy (non-hydrogen) atoms. The number of hydrogen-bond acceptors (Lipinski definition) is 3. The highest BCUT2D eigenvalue weighted by Gasteiger charge is 2.24. The third-order valence-corrected chi connectivity index (χ3v) is 3.74. The number of rotatable bonds is 2. The zero-order chi connectivity index (χ0) is 11.4. The van der Waals surface area contributed by atoms with E-state index >= 15 is 0 Å². The summed E-state index contributed by atoms with van der Waals surface area (Å²) in [5.41, 5.74) is 0. The van der Waals surface area contributed by atoms with Crippen molar-refractivity contribution in [3.8, 4) is 0 Å². The molecule has 2 N–H and O–H groups in total. The van der Waals surface area contributed by atoms with Gasteiger partial charge < -0.3 is 15.3 Å². The number of aliphatic hydroxyl groups excluding tert-OH is 1. The van der Waals surface area contributed by atoms with Crippen LogP contribution in [0.1, 0.15) is 32.1 Å². The molecule has 2 fully saturated rings. The molecule has 2 aliphatic heterocycles. The predicted octanol–water partition coefficient (Wildman–Crippen LogP) is 0.359. The molecule has 0 spiro atoms. The Morgan fingerprint density at radius 1 is 1.19 bits per heavy atom. The Hall–Kier alpha value is -0.610. The van der Waals surface area contributed by atoms with Crippen molar-refractivity contribution in [3.63, 3.8) is 0 Å². The number of nitrogens with one attached hydrogen (secondary N) is 1. The van der Waals surface area contributed by atoms with Gasteiger partial charge in [0.15, 0.2) is 0 Å². The van der Waals surface area contributed by atoms with Crippen molar-refractivity contribution >= 4 is 5.91 Å². The Labute approximate surface area is 97.0 Å². The topological polar surface area (TPSA) is 52.6 Å². The summed E-state index contributed by atoms with van der Waals surface area (Å²) < 4.78 is 0. The molecule has 92 valence electrons. The molecule has 2 saturated heterocycles. The maximum Gasteiger partial charge on any atom is 0.222 e. The van der Waals surface area contributed by atoms with Crippen LogP contribution in [0.5, 0.6) is 0 Å². The molecule has 2 heterocycles. The van der Waals surface area contributed by atoms with Gasteiger partial charge in [-0.15, -0.1) is 0 Å². The minimum Gasteiger partial charge on any atom is -0.393 e. The van der Waals surface area contributed by atoms with Crippen LogP contribution in [0, 0.1) is 5.92 Å². The first kappa shape index (κ1) is 11.9. The molecule has 0 bridgehead atoms. The molecule has 2 rings (SSSR count). The van der Waals surface area contributed by atoms with Crippen molar-refractivity contribution in [3.05, 3.63) is 0 Å². The van der Waals surface area contributed by atoms with Crippen molar-refractivity contribution in [2.75, 3.05) is 26.2 Å². The Morgan fingerprint density at radius 3 is 2.44 bits per heavy atom. The Morgan fingerprint density at radius 2 is 1.81 bits per heavy atom. The lowest BCUT2D eigenvalue weighted by Crippen LogP contribution is -2.41. The fourth-order valence-corrected chi connectivity index (χ4v) is 2.58. The quantitative estimate of drug-likeness (QED) is 0.715. The lowest BCUT2D eigenvalue weighted by molar-refractivity contribution is -0.134. The summed E-state index contributed by atoms with van der Waals surface area (Å²) in [5, 5.41) is 12.7. The van der Waals surface area contributed by atoms with Crippen LogP contribution < -0.4 is 5.32 Å². The molecule has 0 saturated carbocycles. The maximum atomic E-state index is 12.0. The maximum absolute atomic E-state index is 12.0. The van der Waals surface area contributed by atoms with E-state index < -0.39 is 0 Å². The number of aliphatic hydroxyl groups is 1. The Bertz CT molecular complexity index is 231. The summed E-state index contributed by atoms with van der Waals surface area (Å²) in [5.74, 6) is 0.861. The van der Waals surface area contributed by atoms with E-state index in [1.165, 1.54) is 0 Å². The third-order valence-electron chi connectivity index (χ3n) is 3.74. The van der Waals surface area contributed by atoms with E-state index in [0.717, 1.165) is 51.9 Å². The van der Waals surface area contributed by atoms with Crippen molar-refractivity contribution in [2.45, 2.75) is 38.2 Å². The summed E-state index contributed by atoms with van der Waals surface area (Å²) in [4.78, 5) is 13.9. The number of carbonyl (C=O) groups excluding carboxylic acids is 1. The highest BCUT2D eigenvalue weighted by atomic mass is 16.3. The van der Waals surface area contributed by atoms with E-state index in [9.17, 15) is 9.90 Å². The van der Waals surface area contributed by atoms with Crippen molar-refractivity contribution < 1.29 is 9.90 Å². The Kier molecular flexibility index (Phi) is 4.18. The van der Waals surface area contributed by atoms with E-state index in [4.69, 9.17) is 0 Å². The van der Waals surface area contributed by atoms with Gasteiger partial charge in [-0.2, -0.15) is 0 Å². The standard InChI is InChI=1S/C12H22N2O2/c15-11-3-7-14(8-4-11)12(16)9-10-1-5-13-6-2-10/h10-11,13,15H,1-9H2. The number of likely N-dealkylation sites (tertiary alicyclic amines) is 1. The lowest BCUT2D eigenvalue weighted by atomic mass is 9.93. The second-order valence-corrected chi connectivity index (χ2v) is 5.01. The number of carbonyl (C=O) groups is 1. The fraction of sp³-hybridized carbons (Fsp3) is 0.917. The minimum absolute atomic E-state index is 0.192. The smallest absolute Gasteiger partial charge is 0.222 e. The zero-order valence-corrected chi connectivity index (χ0v) is 9.82. The van der Waals surface area contributed by atoms with Gasteiger partial charge in [0.05, 0.1) is 6.10 Å². The molecule has 4 heteroatoms. The molecule has 0 aromatic rings. The number of hydrogen-bond donors (Lipinski definition) is 2. The average Bonchev–Trinajstić information content (AvgIpc) is 2.31. The summed E-state index contributed by atoms with van der Waals surface area (Å²) in [6, 6.07) is 0. The molecule has 0 unspecified atom stereocenters. The molecule has 0 aromatic carbocycles. The second-order valence-electron chi connectivity index (χ2n) is 5.01. The van der Waals surface area contributed by atoms with Gasteiger partial charge in [-0.1, -0.05) is 0 Å². The monoisotopic (exact) mass is 226 g/mol. The van der Waals surface area contributed by atoms with Gasteiger partial charge in [0.25, 0.3) is 0 Å². The van der Waals surface area contributed by atoms with Crippen LogP contribution in [0.25, 0.3) is 0 Å². The third kappa shape index (κ3) is 3.19. The van der Waals surface area contributed by atoms with E-state index in [-0.39, 0.29) is 6.10 Å². The van der Waals surface area contributed by atoms with Gasteiger partial charge in [-0.05, 0) is 44.7 Å². The minimum atomic E-state index is -0.192. The number of nitrogens with zero attached hydrogens (tertiary/aromatic N) is 1. The van der Waals surface area contributed by atoms with Crippen LogP contribution in [-0.4, -0.2) is 48.2 Å². The van der Waals surface area contributed by atoms with Crippen LogP contribution >= 0.6 is 0 Å². The first-order chi connectivity index (χ1) is 7.75. The lowest BCUT2D eigenvalue weighted by Gasteiger charge is -2.31. The van der Waals surface area contributed by atoms with Crippen LogP contribution in [0.15, 0.2) is 0 Å². The largest absolute Gasteiger partial charge is 0.393 e. The van der Waals surface area contributed by atoms with Gasteiger partial charge in [0, 0.05) is 19.5 Å². The molecule has 0 aromatic heterocycles. The predicted molar refractivity (Wildman–Crippen MR) is 62.0 cm³/mol. The molecule has 1 amide bonds. The van der Waals surface area contributed by atoms with Crippen LogP contribution in [0.4, 0.5) is 0 Å². The van der Waals surface area contributed by atoms with Gasteiger partial charge in [-0.25, -0.2) is 0 Å². The summed E-state index contributed by atoms with van der Waals surface area (Å²) in [7, 11) is 0. The molecule has 4 nitrogen and oxygen atoms in total. The zero-order valence-electron chi connectivity index (χ0n) is 9.82. The highest BCUT2D eigenvalue weighted by molar-refractivity contribution is 5.76. The highest BCUT2D eigenvalue weighted by Crippen LogP contribution is 2.19. The van der Waals surface area contributed by atoms with Crippen molar-refractivity contribution in [1.82, 2.24) is 10.2 Å². The van der Waals surface area contributed by atoms with Crippen LogP contribution in [0.3, 0.4) is 0 Å². The van der Waals surface area contributed by atoms with Crippen molar-refractivity contribution in [2.24, 2.45) is 5.92 Å². The SMILES string of the molecule is O=C(CC1CCNCC1)N1CCC(O)CC1.